The maximum Gasteiger partial charge on any atom is 0.359 e. The molecule has 6 aromatic rings. The molecule has 0 fully saturated rings. The van der Waals surface area contributed by atoms with Gasteiger partial charge >= 0.3 is 11.4 Å². The molecule has 10 nitrogen and oxygen atoms in total. The summed E-state index contributed by atoms with van der Waals surface area (Å²) < 4.78 is 17.9. The fourth-order valence-corrected chi connectivity index (χ4v) is 5.26. The first-order valence-corrected chi connectivity index (χ1v) is 13.9. The van der Waals surface area contributed by atoms with E-state index in [-0.39, 0.29) is 24.0 Å². The average Bonchev–Trinajstić information content (AvgIpc) is 3.34. The minimum Gasteiger partial charge on any atom is -0.324 e. The minimum absolute atomic E-state index is 0.0546. The number of halogens is 2. The summed E-state index contributed by atoms with van der Waals surface area (Å²) in [5, 5.41) is 18.2. The van der Waals surface area contributed by atoms with Crippen molar-refractivity contribution in [2.75, 3.05) is 5.32 Å². The van der Waals surface area contributed by atoms with Crippen molar-refractivity contribution in [1.29, 1.82) is 5.26 Å². The molecule has 0 saturated heterocycles. The highest BCUT2D eigenvalue weighted by molar-refractivity contribution is 6.34. The van der Waals surface area contributed by atoms with Gasteiger partial charge in [-0.3, -0.25) is 14.2 Å². The first-order chi connectivity index (χ1) is 21.2. The van der Waals surface area contributed by atoms with E-state index in [0.717, 1.165) is 21.1 Å². The second-order valence-electron chi connectivity index (χ2n) is 10.4. The van der Waals surface area contributed by atoms with E-state index in [1.807, 2.05) is 6.20 Å². The zero-order chi connectivity index (χ0) is 31.0. The van der Waals surface area contributed by atoms with Crippen LogP contribution in [0, 0.1) is 24.1 Å². The summed E-state index contributed by atoms with van der Waals surface area (Å²) in [6, 6.07) is 18.6. The molecule has 12 heteroatoms. The molecule has 0 saturated carbocycles. The number of hydrogen-bond donors (Lipinski definition) is 1. The third kappa shape index (κ3) is 5.71. The van der Waals surface area contributed by atoms with Crippen LogP contribution in [0.3, 0.4) is 0 Å². The summed E-state index contributed by atoms with van der Waals surface area (Å²) in [5.41, 5.74) is 3.06. The van der Waals surface area contributed by atoms with Crippen molar-refractivity contribution in [1.82, 2.24) is 28.9 Å². The van der Waals surface area contributed by atoms with Gasteiger partial charge in [0.2, 0.25) is 5.95 Å². The molecule has 44 heavy (non-hydrogen) atoms. The van der Waals surface area contributed by atoms with Crippen molar-refractivity contribution in [3.63, 3.8) is 0 Å². The molecule has 218 valence electrons. The average molecular weight is 607 g/mol. The lowest BCUT2D eigenvalue weighted by Crippen LogP contribution is -2.42. The predicted molar refractivity (Wildman–Crippen MR) is 165 cm³/mol. The molecule has 3 heterocycles. The molecule has 0 aliphatic carbocycles. The van der Waals surface area contributed by atoms with Crippen LogP contribution in [0.5, 0.6) is 0 Å². The molecule has 1 N–H and O–H groups in total. The lowest BCUT2D eigenvalue weighted by molar-refractivity contribution is 0.626. The lowest BCUT2D eigenvalue weighted by Gasteiger charge is -2.18. The molecule has 0 radical (unpaired) electrons. The Labute approximate surface area is 255 Å². The first-order valence-electron chi connectivity index (χ1n) is 13.5. The van der Waals surface area contributed by atoms with E-state index < -0.39 is 11.4 Å². The zero-order valence-electron chi connectivity index (χ0n) is 23.6. The van der Waals surface area contributed by atoms with E-state index in [1.165, 1.54) is 22.9 Å². The summed E-state index contributed by atoms with van der Waals surface area (Å²) in [7, 11) is 1.79. The number of anilines is 2. The number of nitrogens with zero attached hydrogens (tertiary/aromatic N) is 7. The van der Waals surface area contributed by atoms with Crippen molar-refractivity contribution < 1.29 is 4.39 Å². The number of nitriles is 1. The molecular weight excluding hydrogens is 583 g/mol. The topological polar surface area (TPSA) is 123 Å². The molecule has 0 spiro atoms. The van der Waals surface area contributed by atoms with Gasteiger partial charge in [-0.25, -0.2) is 18.5 Å². The van der Waals surface area contributed by atoms with E-state index in [4.69, 9.17) is 11.6 Å². The van der Waals surface area contributed by atoms with E-state index in [2.05, 4.69) is 26.5 Å². The van der Waals surface area contributed by atoms with E-state index in [9.17, 15) is 19.2 Å². The highest BCUT2D eigenvalue weighted by Crippen LogP contribution is 2.29. The number of aryl methyl sites for hydroxylation is 2. The normalized spacial score (nSPS) is 11.1. The molecule has 0 aliphatic heterocycles. The van der Waals surface area contributed by atoms with Gasteiger partial charge in [0.1, 0.15) is 5.82 Å². The molecule has 0 bridgehead atoms. The van der Waals surface area contributed by atoms with Gasteiger partial charge in [-0.2, -0.15) is 15.3 Å². The number of hydrogen-bond acceptors (Lipinski definition) is 7. The van der Waals surface area contributed by atoms with Gasteiger partial charge in [0.25, 0.3) is 0 Å². The first kappa shape index (κ1) is 28.5. The van der Waals surface area contributed by atoms with Gasteiger partial charge in [-0.1, -0.05) is 29.8 Å². The Bertz CT molecular complexity index is 2230. The van der Waals surface area contributed by atoms with Gasteiger partial charge in [0.15, 0.2) is 0 Å². The van der Waals surface area contributed by atoms with Gasteiger partial charge in [0, 0.05) is 24.8 Å². The van der Waals surface area contributed by atoms with Crippen molar-refractivity contribution in [3.8, 4) is 11.8 Å². The lowest BCUT2D eigenvalue weighted by atomic mass is 9.97. The maximum atomic E-state index is 14.1. The van der Waals surface area contributed by atoms with E-state index >= 15 is 0 Å². The van der Waals surface area contributed by atoms with Crippen molar-refractivity contribution in [3.05, 3.63) is 139 Å². The Morgan fingerprint density at radius 1 is 1.05 bits per heavy atom. The third-order valence-corrected chi connectivity index (χ3v) is 7.40. The van der Waals surface area contributed by atoms with Crippen LogP contribution in [0.15, 0.2) is 88.8 Å². The monoisotopic (exact) mass is 606 g/mol. The number of nitrogens with one attached hydrogen (secondary N) is 1. The highest BCUT2D eigenvalue weighted by Gasteiger charge is 2.19. The molecule has 3 aromatic carbocycles. The Hall–Kier alpha value is -5.60. The van der Waals surface area contributed by atoms with Crippen LogP contribution < -0.4 is 16.7 Å². The molecule has 6 rings (SSSR count). The molecular formula is C32H24ClFN8O2. The minimum atomic E-state index is -0.814. The Kier molecular flexibility index (Phi) is 7.51. The van der Waals surface area contributed by atoms with Crippen LogP contribution in [0.2, 0.25) is 5.02 Å². The maximum absolute atomic E-state index is 14.1. The number of rotatable bonds is 7. The van der Waals surface area contributed by atoms with Crippen LogP contribution in [0.1, 0.15) is 27.8 Å². The quantitative estimate of drug-likeness (QED) is 0.270. The summed E-state index contributed by atoms with van der Waals surface area (Å²) in [4.78, 5) is 35.9. The highest BCUT2D eigenvalue weighted by atomic mass is 35.5. The fraction of sp³-hybridized carbons (Fsp3) is 0.125. The standard InChI is InChI=1S/C32H24ClFN8O2/c1-19-8-26(16-36-15-19)42-31(43)38-30(37-29-12-24-17-40(2)39-28(24)13-27(29)33)41(32(42)44)18-23-10-21(14-35)6-7-22(23)9-20-4-3-5-25(34)11-20/h3-8,10-13,15-17H,9,18H2,1-2H3,(H,37,38,43). The molecule has 0 aliphatic rings. The van der Waals surface area contributed by atoms with Crippen molar-refractivity contribution >= 4 is 34.1 Å². The smallest absolute Gasteiger partial charge is 0.324 e. The predicted octanol–water partition coefficient (Wildman–Crippen LogP) is 5.03. The van der Waals surface area contributed by atoms with Crippen LogP contribution in [0.25, 0.3) is 16.6 Å². The molecule has 0 unspecified atom stereocenters. The van der Waals surface area contributed by atoms with Gasteiger partial charge < -0.3 is 5.32 Å². The van der Waals surface area contributed by atoms with Gasteiger partial charge in [-0.15, -0.1) is 0 Å². The summed E-state index contributed by atoms with van der Waals surface area (Å²) in [6.07, 6.45) is 5.17. The number of pyridine rings is 1. The van der Waals surface area contributed by atoms with E-state index in [0.29, 0.717) is 39.3 Å². The molecule has 3 aromatic heterocycles. The molecule has 0 amide bonds. The fourth-order valence-electron chi connectivity index (χ4n) is 5.05. The van der Waals surface area contributed by atoms with Crippen LogP contribution in [0.4, 0.5) is 16.0 Å². The zero-order valence-corrected chi connectivity index (χ0v) is 24.4. The number of benzene rings is 3. The van der Waals surface area contributed by atoms with E-state index in [1.54, 1.807) is 73.4 Å². The SMILES string of the molecule is Cc1cncc(-n2c(=O)nc(Nc3cc4cn(C)nc4cc3Cl)n(Cc3cc(C#N)ccc3Cc3cccc(F)c3)c2=O)c1. The second kappa shape index (κ2) is 11.6. The summed E-state index contributed by atoms with van der Waals surface area (Å²) >= 11 is 6.58. The summed E-state index contributed by atoms with van der Waals surface area (Å²) in [6.45, 7) is 1.73. The Morgan fingerprint density at radius 2 is 1.89 bits per heavy atom. The largest absolute Gasteiger partial charge is 0.359 e. The van der Waals surface area contributed by atoms with Gasteiger partial charge in [-0.05, 0) is 78.1 Å². The van der Waals surface area contributed by atoms with Crippen LogP contribution in [-0.4, -0.2) is 28.9 Å². The van der Waals surface area contributed by atoms with Crippen molar-refractivity contribution in [2.24, 2.45) is 7.05 Å². The molecule has 0 atom stereocenters. The van der Waals surface area contributed by atoms with Gasteiger partial charge in [0.05, 0.1) is 46.3 Å². The number of fused-ring (bicyclic) bond motifs is 1. The second-order valence-corrected chi connectivity index (χ2v) is 10.8. The van der Waals surface area contributed by atoms with Crippen LogP contribution in [-0.2, 0) is 20.0 Å². The Morgan fingerprint density at radius 3 is 2.66 bits per heavy atom. The Balaban J connectivity index is 1.52. The third-order valence-electron chi connectivity index (χ3n) is 7.09. The summed E-state index contributed by atoms with van der Waals surface area (Å²) in [5.74, 6) is -0.424. The number of aromatic nitrogens is 6. The van der Waals surface area contributed by atoms with Crippen molar-refractivity contribution in [2.45, 2.75) is 19.9 Å². The van der Waals surface area contributed by atoms with Crippen LogP contribution >= 0.6 is 11.6 Å².